The second-order valence-electron chi connectivity index (χ2n) is 10.2. The third-order valence-corrected chi connectivity index (χ3v) is 8.21. The van der Waals surface area contributed by atoms with Crippen molar-refractivity contribution in [1.29, 1.82) is 0 Å². The molecule has 0 radical (unpaired) electrons. The number of methoxy groups -OCH3 is 1. The van der Waals surface area contributed by atoms with Crippen molar-refractivity contribution in [2.45, 2.75) is 64.2 Å². The number of morpholine rings is 2. The average Bonchev–Trinajstić information content (AvgIpc) is 3.54. The van der Waals surface area contributed by atoms with Gasteiger partial charge < -0.3 is 19.3 Å². The molecular formula is C25H45ClN2O6. The summed E-state index contributed by atoms with van der Waals surface area (Å²) in [7, 11) is 1.51. The van der Waals surface area contributed by atoms with Gasteiger partial charge in [0.25, 0.3) is 0 Å². The lowest BCUT2D eigenvalue weighted by Crippen LogP contribution is -2.40. The Morgan fingerprint density at radius 3 is 1.53 bits per heavy atom. The van der Waals surface area contributed by atoms with Gasteiger partial charge in [0.2, 0.25) is 0 Å². The Kier molecular flexibility index (Phi) is 12.6. The lowest BCUT2D eigenvalue weighted by Gasteiger charge is -2.31. The van der Waals surface area contributed by atoms with Crippen LogP contribution >= 0.6 is 12.4 Å². The Morgan fingerprint density at radius 1 is 0.765 bits per heavy atom. The van der Waals surface area contributed by atoms with Crippen LogP contribution in [0.4, 0.5) is 0 Å². The molecule has 2 saturated heterocycles. The maximum atomic E-state index is 11.9. The molecule has 34 heavy (non-hydrogen) atoms. The Morgan fingerprint density at radius 2 is 1.15 bits per heavy atom. The predicted molar refractivity (Wildman–Crippen MR) is 132 cm³/mol. The van der Waals surface area contributed by atoms with Crippen LogP contribution in [0.15, 0.2) is 0 Å². The third kappa shape index (κ3) is 8.05. The van der Waals surface area contributed by atoms with Gasteiger partial charge in [-0.1, -0.05) is 25.7 Å². The van der Waals surface area contributed by atoms with E-state index in [-0.39, 0.29) is 23.8 Å². The van der Waals surface area contributed by atoms with Gasteiger partial charge in [0, 0.05) is 26.2 Å². The number of ether oxygens (including phenoxy) is 3. The first-order valence-corrected chi connectivity index (χ1v) is 12.9. The molecule has 0 amide bonds. The molecule has 4 aliphatic rings. The zero-order valence-electron chi connectivity index (χ0n) is 20.9. The van der Waals surface area contributed by atoms with Crippen molar-refractivity contribution < 1.29 is 28.9 Å². The predicted octanol–water partition coefficient (Wildman–Crippen LogP) is 3.22. The maximum Gasteiger partial charge on any atom is 0.311 e. The summed E-state index contributed by atoms with van der Waals surface area (Å²) in [6, 6.07) is 0. The fourth-order valence-electron chi connectivity index (χ4n) is 5.84. The van der Waals surface area contributed by atoms with Crippen LogP contribution in [-0.4, -0.2) is 99.7 Å². The number of esters is 1. The minimum atomic E-state index is -0.585. The molecule has 8 nitrogen and oxygen atoms in total. The number of aliphatic carboxylic acids is 1. The monoisotopic (exact) mass is 504 g/mol. The van der Waals surface area contributed by atoms with E-state index >= 15 is 0 Å². The molecule has 0 unspecified atom stereocenters. The molecule has 0 spiro atoms. The quantitative estimate of drug-likeness (QED) is 0.504. The van der Waals surface area contributed by atoms with Crippen LogP contribution in [0.25, 0.3) is 0 Å². The number of carboxylic acid groups (broad SMARTS) is 1. The second kappa shape index (κ2) is 14.6. The molecule has 4 rings (SSSR count). The SMILES string of the molecule is COC(=O)C1(CCN2CCOCC2)CCCC1.Cl.O=C(O)C1(CCN2CCOCC2)CCCC1. The minimum absolute atomic E-state index is 0. The fourth-order valence-corrected chi connectivity index (χ4v) is 5.84. The van der Waals surface area contributed by atoms with Crippen LogP contribution in [0.3, 0.4) is 0 Å². The standard InChI is InChI=1S/C13H23NO3.C12H21NO3.ClH/c1-16-12(15)13(4-2-3-5-13)6-7-14-8-10-17-11-9-14;14-11(15)12(3-1-2-4-12)5-6-13-7-9-16-10-8-13;/h2-11H2,1H3;1-10H2,(H,14,15);1H. The van der Waals surface area contributed by atoms with Gasteiger partial charge in [-0.15, -0.1) is 12.4 Å². The Balaban J connectivity index is 0.000000234. The largest absolute Gasteiger partial charge is 0.481 e. The van der Waals surface area contributed by atoms with Gasteiger partial charge >= 0.3 is 11.9 Å². The Bertz CT molecular complexity index is 611. The van der Waals surface area contributed by atoms with Gasteiger partial charge in [0.1, 0.15) is 0 Å². The van der Waals surface area contributed by atoms with Crippen LogP contribution < -0.4 is 0 Å². The number of carboxylic acids is 1. The summed E-state index contributed by atoms with van der Waals surface area (Å²) >= 11 is 0. The summed E-state index contributed by atoms with van der Waals surface area (Å²) in [6.07, 6.45) is 9.98. The normalized spacial score (nSPS) is 24.5. The second-order valence-corrected chi connectivity index (χ2v) is 10.2. The van der Waals surface area contributed by atoms with Gasteiger partial charge in [-0.3, -0.25) is 19.4 Å². The van der Waals surface area contributed by atoms with Gasteiger partial charge in [0.15, 0.2) is 0 Å². The van der Waals surface area contributed by atoms with E-state index in [0.717, 1.165) is 130 Å². The van der Waals surface area contributed by atoms with Crippen molar-refractivity contribution in [3.8, 4) is 0 Å². The van der Waals surface area contributed by atoms with Gasteiger partial charge in [-0.05, 0) is 51.6 Å². The molecule has 198 valence electrons. The lowest BCUT2D eigenvalue weighted by atomic mass is 9.82. The fraction of sp³-hybridized carbons (Fsp3) is 0.920. The Labute approximate surface area is 211 Å². The smallest absolute Gasteiger partial charge is 0.311 e. The molecular weight excluding hydrogens is 460 g/mol. The van der Waals surface area contributed by atoms with Crippen molar-refractivity contribution in [2.24, 2.45) is 10.8 Å². The first kappa shape index (κ1) is 29.3. The van der Waals surface area contributed by atoms with Crippen molar-refractivity contribution >= 4 is 24.3 Å². The number of halogens is 1. The summed E-state index contributed by atoms with van der Waals surface area (Å²) in [6.45, 7) is 9.05. The average molecular weight is 505 g/mol. The molecule has 2 aliphatic carbocycles. The molecule has 2 saturated carbocycles. The third-order valence-electron chi connectivity index (χ3n) is 8.21. The van der Waals surface area contributed by atoms with Crippen LogP contribution in [-0.2, 0) is 23.8 Å². The number of carbonyl (C=O) groups is 2. The van der Waals surface area contributed by atoms with E-state index in [9.17, 15) is 14.7 Å². The van der Waals surface area contributed by atoms with Gasteiger partial charge in [0.05, 0.1) is 44.4 Å². The number of rotatable bonds is 8. The first-order valence-electron chi connectivity index (χ1n) is 12.9. The molecule has 0 atom stereocenters. The van der Waals surface area contributed by atoms with Crippen LogP contribution in [0.2, 0.25) is 0 Å². The summed E-state index contributed by atoms with van der Waals surface area (Å²) in [5.41, 5.74) is -0.606. The molecule has 0 aromatic heterocycles. The highest BCUT2D eigenvalue weighted by atomic mass is 35.5. The summed E-state index contributed by atoms with van der Waals surface area (Å²) < 4.78 is 15.6. The van der Waals surface area contributed by atoms with E-state index in [0.29, 0.717) is 0 Å². The number of hydrogen-bond donors (Lipinski definition) is 1. The van der Waals surface area contributed by atoms with Crippen molar-refractivity contribution in [2.75, 3.05) is 72.8 Å². The summed E-state index contributed by atoms with van der Waals surface area (Å²) in [4.78, 5) is 28.0. The zero-order valence-corrected chi connectivity index (χ0v) is 21.7. The number of carbonyl (C=O) groups excluding carboxylic acids is 1. The van der Waals surface area contributed by atoms with E-state index in [4.69, 9.17) is 14.2 Å². The molecule has 9 heteroatoms. The van der Waals surface area contributed by atoms with Gasteiger partial charge in [-0.2, -0.15) is 0 Å². The van der Waals surface area contributed by atoms with E-state index in [1.54, 1.807) is 0 Å². The number of hydrogen-bond acceptors (Lipinski definition) is 7. The lowest BCUT2D eigenvalue weighted by molar-refractivity contribution is -0.153. The maximum absolute atomic E-state index is 11.9. The van der Waals surface area contributed by atoms with E-state index in [1.165, 1.54) is 7.11 Å². The molecule has 2 aliphatic heterocycles. The molecule has 0 aromatic carbocycles. The molecule has 0 bridgehead atoms. The first-order chi connectivity index (χ1) is 16.0. The molecule has 2 heterocycles. The van der Waals surface area contributed by atoms with Crippen molar-refractivity contribution in [3.05, 3.63) is 0 Å². The topological polar surface area (TPSA) is 88.5 Å². The van der Waals surface area contributed by atoms with Crippen LogP contribution in [0.5, 0.6) is 0 Å². The minimum Gasteiger partial charge on any atom is -0.481 e. The highest BCUT2D eigenvalue weighted by Gasteiger charge is 2.42. The van der Waals surface area contributed by atoms with E-state index in [2.05, 4.69) is 9.80 Å². The molecule has 0 aromatic rings. The van der Waals surface area contributed by atoms with Crippen molar-refractivity contribution in [1.82, 2.24) is 9.80 Å². The Hall–Kier alpha value is -0.930. The van der Waals surface area contributed by atoms with E-state index in [1.807, 2.05) is 0 Å². The zero-order chi connectivity index (χ0) is 23.6. The molecule has 1 N–H and O–H groups in total. The van der Waals surface area contributed by atoms with Crippen molar-refractivity contribution in [3.63, 3.8) is 0 Å². The molecule has 4 fully saturated rings. The summed E-state index contributed by atoms with van der Waals surface area (Å²) in [5.74, 6) is -0.582. The number of nitrogens with zero attached hydrogens (tertiary/aromatic N) is 2. The van der Waals surface area contributed by atoms with Gasteiger partial charge in [-0.25, -0.2) is 0 Å². The highest BCUT2D eigenvalue weighted by Crippen LogP contribution is 2.42. The van der Waals surface area contributed by atoms with Crippen LogP contribution in [0.1, 0.15) is 64.2 Å². The highest BCUT2D eigenvalue weighted by molar-refractivity contribution is 5.85. The summed E-state index contributed by atoms with van der Waals surface area (Å²) in [5, 5.41) is 9.35. The van der Waals surface area contributed by atoms with Crippen LogP contribution in [0, 0.1) is 10.8 Å². The van der Waals surface area contributed by atoms with E-state index < -0.39 is 11.4 Å².